The number of benzene rings is 2. The molecular formula is C17H10Cl2N2O4. The Morgan fingerprint density at radius 2 is 1.56 bits per heavy atom. The van der Waals surface area contributed by atoms with E-state index in [1.807, 2.05) is 0 Å². The van der Waals surface area contributed by atoms with Gasteiger partial charge in [-0.3, -0.25) is 20.4 Å². The highest BCUT2D eigenvalue weighted by Gasteiger charge is 2.16. The van der Waals surface area contributed by atoms with E-state index in [0.29, 0.717) is 16.0 Å². The molecule has 0 spiro atoms. The minimum Gasteiger partial charge on any atom is -0.422 e. The van der Waals surface area contributed by atoms with Crippen LogP contribution >= 0.6 is 23.2 Å². The fourth-order valence-electron chi connectivity index (χ4n) is 2.14. The van der Waals surface area contributed by atoms with Gasteiger partial charge in [0.2, 0.25) is 0 Å². The Morgan fingerprint density at radius 1 is 0.880 bits per heavy atom. The van der Waals surface area contributed by atoms with E-state index in [1.165, 1.54) is 24.3 Å². The first-order chi connectivity index (χ1) is 12.0. The summed E-state index contributed by atoms with van der Waals surface area (Å²) in [6, 6.07) is 12.5. The van der Waals surface area contributed by atoms with Crippen molar-refractivity contribution in [2.45, 2.75) is 0 Å². The van der Waals surface area contributed by atoms with E-state index in [-0.39, 0.29) is 16.1 Å². The molecule has 2 amide bonds. The van der Waals surface area contributed by atoms with Crippen molar-refractivity contribution in [1.82, 2.24) is 10.9 Å². The number of rotatable bonds is 2. The second kappa shape index (κ2) is 6.96. The molecule has 25 heavy (non-hydrogen) atoms. The molecule has 0 aliphatic heterocycles. The van der Waals surface area contributed by atoms with E-state index < -0.39 is 17.4 Å². The molecule has 2 N–H and O–H groups in total. The quantitative estimate of drug-likeness (QED) is 0.530. The van der Waals surface area contributed by atoms with Gasteiger partial charge in [0.25, 0.3) is 11.8 Å². The number of carbonyl (C=O) groups is 2. The maximum atomic E-state index is 12.1. The second-order valence-corrected chi connectivity index (χ2v) is 5.86. The lowest BCUT2D eigenvalue weighted by Gasteiger charge is -2.08. The van der Waals surface area contributed by atoms with Crippen LogP contribution in [0.25, 0.3) is 11.0 Å². The van der Waals surface area contributed by atoms with Gasteiger partial charge in [0.1, 0.15) is 11.1 Å². The highest BCUT2D eigenvalue weighted by atomic mass is 35.5. The van der Waals surface area contributed by atoms with Crippen molar-refractivity contribution >= 4 is 46.0 Å². The summed E-state index contributed by atoms with van der Waals surface area (Å²) in [6.07, 6.45) is 0. The predicted molar refractivity (Wildman–Crippen MR) is 93.9 cm³/mol. The maximum Gasteiger partial charge on any atom is 0.349 e. The third kappa shape index (κ3) is 3.65. The van der Waals surface area contributed by atoms with Gasteiger partial charge in [-0.1, -0.05) is 41.4 Å². The summed E-state index contributed by atoms with van der Waals surface area (Å²) < 4.78 is 5.07. The number of amides is 2. The molecule has 1 aromatic heterocycles. The van der Waals surface area contributed by atoms with Gasteiger partial charge in [-0.05, 0) is 30.3 Å². The van der Waals surface area contributed by atoms with E-state index >= 15 is 0 Å². The van der Waals surface area contributed by atoms with Crippen molar-refractivity contribution in [3.63, 3.8) is 0 Å². The molecule has 3 aromatic rings. The van der Waals surface area contributed by atoms with Crippen LogP contribution in [0.4, 0.5) is 0 Å². The summed E-state index contributed by atoms with van der Waals surface area (Å²) in [6.45, 7) is 0. The van der Waals surface area contributed by atoms with Crippen LogP contribution < -0.4 is 16.5 Å². The molecular weight excluding hydrogens is 367 g/mol. The Labute approximate surface area is 151 Å². The molecule has 0 atom stereocenters. The average molecular weight is 377 g/mol. The van der Waals surface area contributed by atoms with Crippen LogP contribution in [-0.2, 0) is 0 Å². The smallest absolute Gasteiger partial charge is 0.349 e. The Kier molecular flexibility index (Phi) is 4.74. The van der Waals surface area contributed by atoms with E-state index in [2.05, 4.69) is 10.9 Å². The van der Waals surface area contributed by atoms with Gasteiger partial charge in [-0.15, -0.1) is 0 Å². The van der Waals surface area contributed by atoms with Crippen LogP contribution in [0.5, 0.6) is 0 Å². The highest BCUT2D eigenvalue weighted by Crippen LogP contribution is 2.20. The van der Waals surface area contributed by atoms with Gasteiger partial charge in [0, 0.05) is 10.4 Å². The van der Waals surface area contributed by atoms with Crippen LogP contribution in [0.15, 0.2) is 57.7 Å². The number of hydrogen-bond acceptors (Lipinski definition) is 4. The minimum absolute atomic E-state index is 0.122. The average Bonchev–Trinajstić information content (AvgIpc) is 2.58. The summed E-state index contributed by atoms with van der Waals surface area (Å²) in [5, 5.41) is 1.09. The van der Waals surface area contributed by atoms with Gasteiger partial charge in [0.05, 0.1) is 10.6 Å². The summed E-state index contributed by atoms with van der Waals surface area (Å²) in [7, 11) is 0. The highest BCUT2D eigenvalue weighted by molar-refractivity contribution is 6.36. The number of hydrogen-bond donors (Lipinski definition) is 2. The normalized spacial score (nSPS) is 10.5. The summed E-state index contributed by atoms with van der Waals surface area (Å²) >= 11 is 11.7. The number of fused-ring (bicyclic) bond motifs is 1. The third-order valence-electron chi connectivity index (χ3n) is 3.35. The largest absolute Gasteiger partial charge is 0.422 e. The van der Waals surface area contributed by atoms with Gasteiger partial charge in [0.15, 0.2) is 0 Å². The number of nitrogens with one attached hydrogen (secondary N) is 2. The van der Waals surface area contributed by atoms with Gasteiger partial charge >= 0.3 is 5.63 Å². The monoisotopic (exact) mass is 376 g/mol. The Bertz CT molecular complexity index is 1050. The molecule has 0 saturated carbocycles. The molecule has 8 heteroatoms. The van der Waals surface area contributed by atoms with Crippen LogP contribution in [0, 0.1) is 0 Å². The molecule has 2 aromatic carbocycles. The van der Waals surface area contributed by atoms with Crippen molar-refractivity contribution in [2.24, 2.45) is 0 Å². The molecule has 0 aliphatic rings. The Hall–Kier alpha value is -2.83. The number of carbonyl (C=O) groups excluding carboxylic acids is 2. The van der Waals surface area contributed by atoms with Crippen LogP contribution in [-0.4, -0.2) is 11.8 Å². The first kappa shape index (κ1) is 17.0. The van der Waals surface area contributed by atoms with Crippen molar-refractivity contribution in [1.29, 1.82) is 0 Å². The minimum atomic E-state index is -0.810. The molecule has 6 nitrogen and oxygen atoms in total. The molecule has 1 heterocycles. The fourth-order valence-corrected chi connectivity index (χ4v) is 2.64. The summed E-state index contributed by atoms with van der Waals surface area (Å²) in [5.41, 5.74) is 3.78. The van der Waals surface area contributed by atoms with E-state index in [1.54, 1.807) is 24.3 Å². The van der Waals surface area contributed by atoms with E-state index in [9.17, 15) is 14.4 Å². The summed E-state index contributed by atoms with van der Waals surface area (Å²) in [4.78, 5) is 36.1. The number of para-hydroxylation sites is 1. The molecule has 0 unspecified atom stereocenters. The Balaban J connectivity index is 1.77. The van der Waals surface area contributed by atoms with Gasteiger partial charge in [-0.2, -0.15) is 0 Å². The first-order valence-corrected chi connectivity index (χ1v) is 7.80. The molecule has 126 valence electrons. The van der Waals surface area contributed by atoms with Gasteiger partial charge in [-0.25, -0.2) is 4.79 Å². The van der Waals surface area contributed by atoms with Crippen molar-refractivity contribution < 1.29 is 14.0 Å². The molecule has 0 saturated heterocycles. The van der Waals surface area contributed by atoms with Crippen molar-refractivity contribution in [3.8, 4) is 0 Å². The van der Waals surface area contributed by atoms with E-state index in [0.717, 1.165) is 0 Å². The van der Waals surface area contributed by atoms with Crippen LogP contribution in [0.1, 0.15) is 20.7 Å². The lowest BCUT2D eigenvalue weighted by Crippen LogP contribution is -2.43. The third-order valence-corrected chi connectivity index (χ3v) is 3.90. The lowest BCUT2D eigenvalue weighted by atomic mass is 10.2. The second-order valence-electron chi connectivity index (χ2n) is 5.02. The molecule has 0 fully saturated rings. The zero-order valence-electron chi connectivity index (χ0n) is 12.5. The van der Waals surface area contributed by atoms with Crippen molar-refractivity contribution in [3.05, 3.63) is 80.1 Å². The zero-order chi connectivity index (χ0) is 18.0. The van der Waals surface area contributed by atoms with Crippen LogP contribution in [0.2, 0.25) is 10.0 Å². The van der Waals surface area contributed by atoms with E-state index in [4.69, 9.17) is 27.6 Å². The first-order valence-electron chi connectivity index (χ1n) is 7.04. The topological polar surface area (TPSA) is 88.4 Å². The van der Waals surface area contributed by atoms with Gasteiger partial charge < -0.3 is 4.42 Å². The Morgan fingerprint density at radius 3 is 2.28 bits per heavy atom. The zero-order valence-corrected chi connectivity index (χ0v) is 14.0. The molecule has 0 radical (unpaired) electrons. The molecule has 0 bridgehead atoms. The molecule has 3 rings (SSSR count). The number of hydrazine groups is 1. The predicted octanol–water partition coefficient (Wildman–Crippen LogP) is 3.17. The number of halogens is 2. The molecule has 0 aliphatic carbocycles. The summed E-state index contributed by atoms with van der Waals surface area (Å²) in [5.74, 6) is -1.46. The van der Waals surface area contributed by atoms with Crippen molar-refractivity contribution in [2.75, 3.05) is 0 Å². The lowest BCUT2D eigenvalue weighted by molar-refractivity contribution is 0.0844. The fraction of sp³-hybridized carbons (Fsp3) is 0. The standard InChI is InChI=1S/C17H10Cl2N2O4/c18-10-5-6-11(13(19)8-10)15(22)20-21-16(23)12-7-9-3-1-2-4-14(9)25-17(12)24/h1-8H,(H,20,22)(H,21,23). The van der Waals surface area contributed by atoms with Crippen LogP contribution in [0.3, 0.4) is 0 Å². The SMILES string of the molecule is O=C(NNC(=O)c1cc2ccccc2oc1=O)c1ccc(Cl)cc1Cl. The maximum absolute atomic E-state index is 12.1.